The predicted molar refractivity (Wildman–Crippen MR) is 132 cm³/mol. The van der Waals surface area contributed by atoms with E-state index in [4.69, 9.17) is 5.73 Å². The van der Waals surface area contributed by atoms with E-state index in [1.807, 2.05) is 18.2 Å². The van der Waals surface area contributed by atoms with Crippen LogP contribution in [0.2, 0.25) is 0 Å². The van der Waals surface area contributed by atoms with Gasteiger partial charge in [0.05, 0.1) is 29.2 Å². The van der Waals surface area contributed by atoms with E-state index >= 15 is 0 Å². The number of H-pyrrole nitrogens is 1. The second kappa shape index (κ2) is 7.58. The van der Waals surface area contributed by atoms with Crippen LogP contribution >= 0.6 is 11.3 Å². The van der Waals surface area contributed by atoms with Crippen LogP contribution in [0.4, 0.5) is 0 Å². The Bertz CT molecular complexity index is 1820. The lowest BCUT2D eigenvalue weighted by molar-refractivity contribution is -0.133. The van der Waals surface area contributed by atoms with E-state index < -0.39 is 11.5 Å². The number of amides is 1. The molecule has 0 aliphatic rings. The van der Waals surface area contributed by atoms with Crippen molar-refractivity contribution in [2.24, 2.45) is 12.8 Å². The lowest BCUT2D eigenvalue weighted by Crippen LogP contribution is -2.42. The van der Waals surface area contributed by atoms with Crippen molar-refractivity contribution in [1.29, 1.82) is 0 Å². The lowest BCUT2D eigenvalue weighted by Gasteiger charge is -2.22. The van der Waals surface area contributed by atoms with Crippen molar-refractivity contribution in [1.82, 2.24) is 29.5 Å². The number of aromatic amines is 1. The molecule has 0 bridgehead atoms. The minimum atomic E-state index is -2.09. The summed E-state index contributed by atoms with van der Waals surface area (Å²) in [5.41, 5.74) is 6.27. The van der Waals surface area contributed by atoms with Gasteiger partial charge in [0.25, 0.3) is 11.5 Å². The number of aliphatic hydroxyl groups is 1. The molecule has 1 amide bonds. The maximum atomic E-state index is 13.4. The number of primary amides is 1. The summed E-state index contributed by atoms with van der Waals surface area (Å²) in [6, 6.07) is 14.2. The van der Waals surface area contributed by atoms with Crippen LogP contribution in [-0.2, 0) is 24.0 Å². The first-order valence-electron chi connectivity index (χ1n) is 10.7. The van der Waals surface area contributed by atoms with E-state index in [0.29, 0.717) is 26.8 Å². The fourth-order valence-corrected chi connectivity index (χ4v) is 5.66. The number of thiazole rings is 1. The Hall–Kier alpha value is -4.35. The number of hydrogen-bond acceptors (Lipinski definition) is 7. The molecule has 174 valence electrons. The van der Waals surface area contributed by atoms with Gasteiger partial charge >= 0.3 is 0 Å². The second-order valence-electron chi connectivity index (χ2n) is 8.29. The number of rotatable bonds is 5. The van der Waals surface area contributed by atoms with Gasteiger partial charge in [0, 0.05) is 23.4 Å². The number of nitrogens with one attached hydrogen (secondary N) is 1. The summed E-state index contributed by atoms with van der Waals surface area (Å²) >= 11 is 1.12. The molecule has 0 aliphatic carbocycles. The van der Waals surface area contributed by atoms with Gasteiger partial charge in [0.1, 0.15) is 10.5 Å². The van der Waals surface area contributed by atoms with Crippen LogP contribution in [0.15, 0.2) is 65.7 Å². The molecule has 4 N–H and O–H groups in total. The molecule has 1 atom stereocenters. The van der Waals surface area contributed by atoms with Crippen LogP contribution in [0.25, 0.3) is 32.2 Å². The molecular formula is C24H19N7O3S. The highest BCUT2D eigenvalue weighted by Gasteiger charge is 2.42. The zero-order chi connectivity index (χ0) is 24.3. The van der Waals surface area contributed by atoms with E-state index in [1.54, 1.807) is 54.3 Å². The quantitative estimate of drug-likeness (QED) is 0.341. The number of nitrogens with two attached hydrogens (primary N) is 1. The van der Waals surface area contributed by atoms with E-state index in [-0.39, 0.29) is 17.1 Å². The number of aromatic nitrogens is 6. The van der Waals surface area contributed by atoms with Crippen LogP contribution in [0.1, 0.15) is 16.1 Å². The topological polar surface area (TPSA) is 145 Å². The van der Waals surface area contributed by atoms with Crippen molar-refractivity contribution < 1.29 is 9.90 Å². The minimum Gasteiger partial charge on any atom is -0.370 e. The third kappa shape index (κ3) is 3.02. The highest BCUT2D eigenvalue weighted by Crippen LogP contribution is 2.38. The van der Waals surface area contributed by atoms with Crippen LogP contribution in [0.5, 0.6) is 0 Å². The Morgan fingerprint density at radius 1 is 1.14 bits per heavy atom. The number of carbonyl (C=O) groups excluding carboxylic acids is 1. The summed E-state index contributed by atoms with van der Waals surface area (Å²) in [5.74, 6) is -0.930. The Morgan fingerprint density at radius 2 is 1.94 bits per heavy atom. The third-order valence-corrected chi connectivity index (χ3v) is 7.46. The molecule has 11 heteroatoms. The van der Waals surface area contributed by atoms with Gasteiger partial charge in [0.2, 0.25) is 5.60 Å². The second-order valence-corrected chi connectivity index (χ2v) is 9.29. The normalized spacial score (nSPS) is 13.5. The van der Waals surface area contributed by atoms with Gasteiger partial charge in [-0.05, 0) is 11.6 Å². The number of aryl methyl sites for hydroxylation is 1. The van der Waals surface area contributed by atoms with Crippen molar-refractivity contribution in [3.8, 4) is 0 Å². The minimum absolute atomic E-state index is 0.134. The molecule has 0 saturated carbocycles. The molecule has 2 aromatic carbocycles. The Kier molecular flexibility index (Phi) is 4.59. The summed E-state index contributed by atoms with van der Waals surface area (Å²) in [6.45, 7) is 0.276. The molecule has 0 saturated heterocycles. The molecule has 4 heterocycles. The van der Waals surface area contributed by atoms with Crippen LogP contribution in [0, 0.1) is 0 Å². The first kappa shape index (κ1) is 21.2. The van der Waals surface area contributed by atoms with E-state index in [1.165, 1.54) is 4.68 Å². The average Bonchev–Trinajstić information content (AvgIpc) is 3.58. The number of carbonyl (C=O) groups is 1. The van der Waals surface area contributed by atoms with Gasteiger partial charge in [0.15, 0.2) is 5.65 Å². The summed E-state index contributed by atoms with van der Waals surface area (Å²) < 4.78 is 3.70. The first-order chi connectivity index (χ1) is 16.9. The van der Waals surface area contributed by atoms with Gasteiger partial charge in [-0.1, -0.05) is 42.5 Å². The zero-order valence-electron chi connectivity index (χ0n) is 18.5. The molecular weight excluding hydrogens is 466 g/mol. The Morgan fingerprint density at radius 3 is 2.71 bits per heavy atom. The number of benzene rings is 2. The van der Waals surface area contributed by atoms with E-state index in [2.05, 4.69) is 20.3 Å². The summed E-state index contributed by atoms with van der Waals surface area (Å²) in [7, 11) is 1.72. The van der Waals surface area contributed by atoms with Crippen molar-refractivity contribution in [3.05, 3.63) is 87.4 Å². The Balaban J connectivity index is 1.50. The smallest absolute Gasteiger partial charge is 0.291 e. The average molecular weight is 486 g/mol. The van der Waals surface area contributed by atoms with Crippen LogP contribution < -0.4 is 11.3 Å². The molecule has 35 heavy (non-hydrogen) atoms. The van der Waals surface area contributed by atoms with Gasteiger partial charge in [-0.2, -0.15) is 10.2 Å². The molecule has 1 unspecified atom stereocenters. The summed E-state index contributed by atoms with van der Waals surface area (Å²) in [6.07, 6.45) is 3.34. The highest BCUT2D eigenvalue weighted by atomic mass is 32.1. The molecule has 6 aromatic rings. The van der Waals surface area contributed by atoms with Crippen molar-refractivity contribution in [2.45, 2.75) is 12.1 Å². The number of nitrogens with zero attached hydrogens (tertiary/aromatic N) is 5. The number of hydrogen-bond donors (Lipinski definition) is 3. The fourth-order valence-electron chi connectivity index (χ4n) is 4.44. The number of fused-ring (bicyclic) bond motifs is 4. The summed E-state index contributed by atoms with van der Waals surface area (Å²) in [4.78, 5) is 30.3. The molecule has 4 aromatic heterocycles. The maximum absolute atomic E-state index is 13.4. The van der Waals surface area contributed by atoms with Crippen molar-refractivity contribution in [3.63, 3.8) is 0 Å². The van der Waals surface area contributed by atoms with Crippen LogP contribution in [-0.4, -0.2) is 40.5 Å². The third-order valence-electron chi connectivity index (χ3n) is 6.28. The van der Waals surface area contributed by atoms with E-state index in [9.17, 15) is 14.7 Å². The summed E-state index contributed by atoms with van der Waals surface area (Å²) in [5, 5.41) is 24.4. The molecule has 0 aliphatic heterocycles. The van der Waals surface area contributed by atoms with Crippen molar-refractivity contribution in [2.75, 3.05) is 0 Å². The molecule has 6 rings (SSSR count). The lowest BCUT2D eigenvalue weighted by atomic mass is 9.94. The largest absolute Gasteiger partial charge is 0.370 e. The fraction of sp³-hybridized carbons (Fsp3) is 0.125. The van der Waals surface area contributed by atoms with Gasteiger partial charge < -0.3 is 15.4 Å². The molecule has 0 spiro atoms. The standard InChI is InChI=1S/C24H19N7O3S/c1-30-18-16(11-27-31(21(18)32)12-13-6-5-9-17-15(13)10-26-29-17)19-20(30)28-23(35-19)24(34,22(25)33)14-7-3-2-4-8-14/h2-11,34H,12H2,1H3,(H2,25,33)(H,26,29). The monoisotopic (exact) mass is 485 g/mol. The first-order valence-corrected chi connectivity index (χ1v) is 11.6. The van der Waals surface area contributed by atoms with Gasteiger partial charge in [-0.15, -0.1) is 11.3 Å². The molecule has 0 radical (unpaired) electrons. The van der Waals surface area contributed by atoms with Gasteiger partial charge in [-0.3, -0.25) is 14.7 Å². The van der Waals surface area contributed by atoms with E-state index in [0.717, 1.165) is 27.8 Å². The SMILES string of the molecule is Cn1c2nc(C(O)(C(N)=O)c3ccccc3)sc2c2cnn(Cc3cccc4[nH]ncc34)c(=O)c21. The maximum Gasteiger partial charge on any atom is 0.291 e. The Labute approximate surface area is 201 Å². The van der Waals surface area contributed by atoms with Crippen molar-refractivity contribution >= 4 is 49.4 Å². The molecule has 10 nitrogen and oxygen atoms in total. The highest BCUT2D eigenvalue weighted by molar-refractivity contribution is 7.19. The zero-order valence-corrected chi connectivity index (χ0v) is 19.3. The van der Waals surface area contributed by atoms with Gasteiger partial charge in [-0.25, -0.2) is 9.67 Å². The predicted octanol–water partition coefficient (Wildman–Crippen LogP) is 1.99. The van der Waals surface area contributed by atoms with Crippen LogP contribution in [0.3, 0.4) is 0 Å². The molecule has 0 fully saturated rings.